The summed E-state index contributed by atoms with van der Waals surface area (Å²) in [6.45, 7) is 0. The van der Waals surface area contributed by atoms with Crippen molar-refractivity contribution in [1.29, 1.82) is 5.26 Å². The summed E-state index contributed by atoms with van der Waals surface area (Å²) in [5.74, 6) is 0. The van der Waals surface area contributed by atoms with E-state index in [1.54, 1.807) is 4.57 Å². The summed E-state index contributed by atoms with van der Waals surface area (Å²) in [5, 5.41) is 9.59. The van der Waals surface area contributed by atoms with E-state index in [4.69, 9.17) is 0 Å². The second-order valence-corrected chi connectivity index (χ2v) is 6.08. The van der Waals surface area contributed by atoms with E-state index in [2.05, 4.69) is 21.1 Å². The molecule has 0 saturated heterocycles. The Hall–Kier alpha value is -3.91. The Labute approximate surface area is 149 Å². The van der Waals surface area contributed by atoms with Crippen molar-refractivity contribution in [3.8, 4) is 6.19 Å². The molecule has 3 aromatic rings. The summed E-state index contributed by atoms with van der Waals surface area (Å²) in [4.78, 5) is 12.6. The molecule has 2 aliphatic rings. The first-order valence-electron chi connectivity index (χ1n) is 8.25. The van der Waals surface area contributed by atoms with Gasteiger partial charge in [0.25, 0.3) is 0 Å². The maximum atomic E-state index is 9.59. The standard InChI is InChI=1S/C21H13N5/c22-13-26-17-7-3-16-5-10-19(24-16)18-9-4-14(23-18)1-2-15-6-11-20(25-15)21(26)12-8-17/h1-12,25H. The summed E-state index contributed by atoms with van der Waals surface area (Å²) in [5.41, 5.74) is 6.88. The largest absolute Gasteiger partial charge is 0.354 e. The van der Waals surface area contributed by atoms with E-state index in [0.29, 0.717) is 0 Å². The molecular formula is C21H13N5. The normalized spacial score (nSPS) is 12.3. The molecule has 0 fully saturated rings. The first kappa shape index (κ1) is 14.4. The minimum absolute atomic E-state index is 0.805. The zero-order valence-electron chi connectivity index (χ0n) is 13.7. The van der Waals surface area contributed by atoms with Gasteiger partial charge >= 0.3 is 0 Å². The van der Waals surface area contributed by atoms with Crippen molar-refractivity contribution in [1.82, 2.24) is 19.5 Å². The van der Waals surface area contributed by atoms with Gasteiger partial charge in [0.15, 0.2) is 6.19 Å². The van der Waals surface area contributed by atoms with E-state index in [9.17, 15) is 5.26 Å². The molecule has 0 radical (unpaired) electrons. The van der Waals surface area contributed by atoms with Crippen LogP contribution in [0.4, 0.5) is 0 Å². The number of rotatable bonds is 0. The zero-order valence-corrected chi connectivity index (χ0v) is 13.7. The molecule has 0 unspecified atom stereocenters. The SMILES string of the molecule is N#Cn1c2ccc3nc(c4nc(ccc5ccc([nH]5)c1cc2)C=C4)C=C3. The number of nitrogens with zero attached hydrogens (tertiary/aromatic N) is 4. The van der Waals surface area contributed by atoms with Crippen LogP contribution in [0.15, 0.2) is 48.5 Å². The highest BCUT2D eigenvalue weighted by atomic mass is 15.0. The monoisotopic (exact) mass is 335 g/mol. The van der Waals surface area contributed by atoms with Crippen LogP contribution in [0.1, 0.15) is 22.8 Å². The molecule has 0 saturated carbocycles. The molecule has 5 heterocycles. The van der Waals surface area contributed by atoms with Crippen molar-refractivity contribution in [2.45, 2.75) is 0 Å². The van der Waals surface area contributed by atoms with Crippen LogP contribution < -0.4 is 0 Å². The molecule has 5 heteroatoms. The molecule has 0 amide bonds. The van der Waals surface area contributed by atoms with E-state index in [1.165, 1.54) is 0 Å². The van der Waals surface area contributed by atoms with Gasteiger partial charge in [-0.3, -0.25) is 0 Å². The molecule has 5 nitrogen and oxygen atoms in total. The van der Waals surface area contributed by atoms with E-state index >= 15 is 0 Å². The number of aromatic amines is 1. The number of hydrogen-bond acceptors (Lipinski definition) is 3. The maximum Gasteiger partial charge on any atom is 0.189 e. The first-order valence-corrected chi connectivity index (χ1v) is 8.25. The molecule has 5 rings (SSSR count). The fourth-order valence-electron chi connectivity index (χ4n) is 3.14. The van der Waals surface area contributed by atoms with Crippen LogP contribution in [-0.2, 0) is 0 Å². The minimum atomic E-state index is 0.805. The minimum Gasteiger partial charge on any atom is -0.354 e. The fraction of sp³-hybridized carbons (Fsp3) is 0. The van der Waals surface area contributed by atoms with E-state index in [0.717, 1.165) is 44.8 Å². The molecule has 3 aromatic heterocycles. The van der Waals surface area contributed by atoms with E-state index in [1.807, 2.05) is 72.8 Å². The molecule has 0 aliphatic carbocycles. The summed E-state index contributed by atoms with van der Waals surface area (Å²) in [7, 11) is 0. The van der Waals surface area contributed by atoms with Gasteiger partial charge in [0, 0.05) is 5.52 Å². The van der Waals surface area contributed by atoms with Gasteiger partial charge in [-0.15, -0.1) is 0 Å². The van der Waals surface area contributed by atoms with Crippen molar-refractivity contribution in [3.63, 3.8) is 0 Å². The number of hydrogen-bond donors (Lipinski definition) is 1. The Kier molecular flexibility index (Phi) is 3.09. The highest BCUT2D eigenvalue weighted by Gasteiger charge is 2.07. The van der Waals surface area contributed by atoms with Gasteiger partial charge in [0.05, 0.1) is 39.3 Å². The second-order valence-electron chi connectivity index (χ2n) is 6.08. The van der Waals surface area contributed by atoms with Crippen molar-refractivity contribution in [3.05, 3.63) is 71.3 Å². The molecule has 8 bridgehead atoms. The van der Waals surface area contributed by atoms with Crippen molar-refractivity contribution >= 4 is 46.4 Å². The van der Waals surface area contributed by atoms with Crippen LogP contribution in [0.5, 0.6) is 0 Å². The molecule has 1 N–H and O–H groups in total. The molecule has 122 valence electrons. The number of H-pyrrole nitrogens is 1. The van der Waals surface area contributed by atoms with E-state index < -0.39 is 0 Å². The average Bonchev–Trinajstić information content (AvgIpc) is 3.43. The van der Waals surface area contributed by atoms with Crippen LogP contribution in [0.3, 0.4) is 0 Å². The lowest BCUT2D eigenvalue weighted by Gasteiger charge is -1.92. The van der Waals surface area contributed by atoms with Gasteiger partial charge in [0.1, 0.15) is 0 Å². The Balaban J connectivity index is 1.90. The maximum absolute atomic E-state index is 9.59. The summed E-state index contributed by atoms with van der Waals surface area (Å²) < 4.78 is 1.61. The molecular weight excluding hydrogens is 322 g/mol. The topological polar surface area (TPSA) is 70.3 Å². The number of aromatic nitrogens is 4. The smallest absolute Gasteiger partial charge is 0.189 e. The lowest BCUT2D eigenvalue weighted by Crippen LogP contribution is -1.86. The predicted octanol–water partition coefficient (Wildman–Crippen LogP) is 4.46. The molecule has 2 aliphatic heterocycles. The zero-order chi connectivity index (χ0) is 17.5. The highest BCUT2D eigenvalue weighted by molar-refractivity contribution is 5.83. The Morgan fingerprint density at radius 2 is 1.42 bits per heavy atom. The lowest BCUT2D eigenvalue weighted by atomic mass is 10.3. The molecule has 0 spiro atoms. The Morgan fingerprint density at radius 1 is 0.769 bits per heavy atom. The third kappa shape index (κ3) is 2.33. The third-order valence-corrected chi connectivity index (χ3v) is 4.44. The van der Waals surface area contributed by atoms with Crippen LogP contribution in [0, 0.1) is 11.5 Å². The van der Waals surface area contributed by atoms with Gasteiger partial charge in [-0.2, -0.15) is 5.26 Å². The lowest BCUT2D eigenvalue weighted by molar-refractivity contribution is 1.20. The Bertz CT molecular complexity index is 1300. The summed E-state index contributed by atoms with van der Waals surface area (Å²) in [6.07, 6.45) is 10.1. The van der Waals surface area contributed by atoms with Crippen LogP contribution in [0.25, 0.3) is 46.4 Å². The predicted molar refractivity (Wildman–Crippen MR) is 104 cm³/mol. The number of nitriles is 1. The van der Waals surface area contributed by atoms with Gasteiger partial charge in [-0.05, 0) is 72.8 Å². The third-order valence-electron chi connectivity index (χ3n) is 4.44. The van der Waals surface area contributed by atoms with Crippen molar-refractivity contribution in [2.75, 3.05) is 0 Å². The number of nitrogens with one attached hydrogen (secondary N) is 1. The van der Waals surface area contributed by atoms with Gasteiger partial charge in [-0.1, -0.05) is 0 Å². The van der Waals surface area contributed by atoms with Gasteiger partial charge < -0.3 is 4.98 Å². The summed E-state index contributed by atoms with van der Waals surface area (Å²) in [6, 6.07) is 15.6. The summed E-state index contributed by atoms with van der Waals surface area (Å²) >= 11 is 0. The van der Waals surface area contributed by atoms with Crippen LogP contribution in [-0.4, -0.2) is 19.5 Å². The highest BCUT2D eigenvalue weighted by Crippen LogP contribution is 2.20. The van der Waals surface area contributed by atoms with Gasteiger partial charge in [0.2, 0.25) is 0 Å². The van der Waals surface area contributed by atoms with Crippen LogP contribution >= 0.6 is 0 Å². The molecule has 0 aromatic carbocycles. The second kappa shape index (κ2) is 5.57. The van der Waals surface area contributed by atoms with E-state index in [-0.39, 0.29) is 0 Å². The van der Waals surface area contributed by atoms with Crippen molar-refractivity contribution in [2.24, 2.45) is 0 Å². The number of fused-ring (bicyclic) bond motifs is 10. The van der Waals surface area contributed by atoms with Crippen molar-refractivity contribution < 1.29 is 0 Å². The molecule has 0 atom stereocenters. The Morgan fingerprint density at radius 3 is 2.15 bits per heavy atom. The fourth-order valence-corrected chi connectivity index (χ4v) is 3.14. The first-order chi connectivity index (χ1) is 12.8. The van der Waals surface area contributed by atoms with Crippen LogP contribution in [0.2, 0.25) is 0 Å². The average molecular weight is 335 g/mol. The quantitative estimate of drug-likeness (QED) is 0.454. The molecule has 26 heavy (non-hydrogen) atoms. The van der Waals surface area contributed by atoms with Gasteiger partial charge in [-0.25, -0.2) is 14.5 Å².